The lowest BCUT2D eigenvalue weighted by molar-refractivity contribution is 0.0178. The van der Waals surface area contributed by atoms with Crippen LogP contribution in [0.1, 0.15) is 73.9 Å². The summed E-state index contributed by atoms with van der Waals surface area (Å²) < 4.78 is 59.4. The van der Waals surface area contributed by atoms with Crippen LogP contribution in [0.25, 0.3) is 0 Å². The van der Waals surface area contributed by atoms with E-state index >= 15 is 0 Å². The number of allylic oxidation sites excluding steroid dienone is 1. The molecule has 0 spiro atoms. The third-order valence-electron chi connectivity index (χ3n) is 9.66. The molecule has 49 heavy (non-hydrogen) atoms. The number of nitrogens with one attached hydrogen (secondary N) is 2. The average Bonchev–Trinajstić information content (AvgIpc) is 3.64. The second kappa shape index (κ2) is 15.8. The smallest absolute Gasteiger partial charge is 0.327 e. The minimum absolute atomic E-state index is 0.0281. The Morgan fingerprint density at radius 1 is 1.20 bits per heavy atom. The molecule has 3 amide bonds. The molecule has 9 nitrogen and oxygen atoms in total. The van der Waals surface area contributed by atoms with E-state index in [0.717, 1.165) is 36.8 Å². The SMILES string of the molecule is CO[C@@H](/C=C/C[C@H](C)CS(=O)(=NC(=O)c1ccc2c(c1)N(C)Cc1ccc(Cl)cc1CCCCO2)NC(=O)N[C@@H]1CC1(F)F)[C@@H]1CC[C@H]1C. The summed E-state index contributed by atoms with van der Waals surface area (Å²) in [6.45, 7) is 5.05. The van der Waals surface area contributed by atoms with Crippen molar-refractivity contribution in [3.63, 3.8) is 0 Å². The Labute approximate surface area is 293 Å². The van der Waals surface area contributed by atoms with Gasteiger partial charge in [-0.2, -0.15) is 0 Å². The summed E-state index contributed by atoms with van der Waals surface area (Å²) in [5, 5.41) is 2.83. The Bertz CT molecular complexity index is 1680. The highest BCUT2D eigenvalue weighted by Crippen LogP contribution is 2.41. The maximum absolute atomic E-state index is 14.2. The molecule has 13 heteroatoms. The molecule has 1 heterocycles. The maximum Gasteiger partial charge on any atom is 0.327 e. The molecule has 0 aromatic heterocycles. The second-order valence-corrected chi connectivity index (χ2v) is 16.2. The molecule has 2 N–H and O–H groups in total. The number of amides is 3. The fraction of sp³-hybridized carbons (Fsp3) is 0.556. The number of halogens is 3. The van der Waals surface area contributed by atoms with Gasteiger partial charge < -0.3 is 19.7 Å². The number of alkyl halides is 2. The highest BCUT2D eigenvalue weighted by Gasteiger charge is 2.58. The van der Waals surface area contributed by atoms with E-state index in [9.17, 15) is 22.6 Å². The lowest BCUT2D eigenvalue weighted by Crippen LogP contribution is -2.43. The third-order valence-corrected chi connectivity index (χ3v) is 11.9. The van der Waals surface area contributed by atoms with Crippen LogP contribution in [0.15, 0.2) is 52.9 Å². The molecule has 2 saturated carbocycles. The van der Waals surface area contributed by atoms with E-state index < -0.39 is 40.2 Å². The van der Waals surface area contributed by atoms with Crippen molar-refractivity contribution in [2.45, 2.75) is 83.4 Å². The number of hydrogen-bond acceptors (Lipinski definition) is 6. The number of nitrogens with zero attached hydrogens (tertiary/aromatic N) is 2. The number of anilines is 1. The molecule has 2 aliphatic carbocycles. The number of carbonyl (C=O) groups is 2. The van der Waals surface area contributed by atoms with E-state index in [0.29, 0.717) is 47.9 Å². The van der Waals surface area contributed by atoms with Crippen molar-refractivity contribution in [3.8, 4) is 5.75 Å². The Morgan fingerprint density at radius 2 is 1.98 bits per heavy atom. The van der Waals surface area contributed by atoms with E-state index in [2.05, 4.69) is 21.3 Å². The molecule has 1 unspecified atom stereocenters. The Hall–Kier alpha value is -3.22. The molecule has 0 bridgehead atoms. The number of fused-ring (bicyclic) bond motifs is 2. The van der Waals surface area contributed by atoms with E-state index in [1.807, 2.05) is 49.2 Å². The van der Waals surface area contributed by atoms with E-state index in [-0.39, 0.29) is 23.3 Å². The zero-order chi connectivity index (χ0) is 35.3. The maximum atomic E-state index is 14.2. The summed E-state index contributed by atoms with van der Waals surface area (Å²) >= 11 is 6.29. The van der Waals surface area contributed by atoms with Crippen molar-refractivity contribution < 1.29 is 32.1 Å². The number of hydrogen-bond donors (Lipinski definition) is 2. The highest BCUT2D eigenvalue weighted by atomic mass is 35.5. The first-order valence-corrected chi connectivity index (χ1v) is 19.0. The monoisotopic (exact) mass is 720 g/mol. The van der Waals surface area contributed by atoms with Gasteiger partial charge in [0.25, 0.3) is 11.8 Å². The molecule has 0 saturated heterocycles. The van der Waals surface area contributed by atoms with Gasteiger partial charge in [-0.1, -0.05) is 43.7 Å². The second-order valence-electron chi connectivity index (χ2n) is 13.7. The van der Waals surface area contributed by atoms with Crippen molar-refractivity contribution in [3.05, 3.63) is 70.3 Å². The minimum atomic E-state index is -3.73. The van der Waals surface area contributed by atoms with Crippen molar-refractivity contribution in [1.82, 2.24) is 10.0 Å². The number of urea groups is 1. The van der Waals surface area contributed by atoms with Gasteiger partial charge in [-0.15, -0.1) is 4.36 Å². The first-order chi connectivity index (χ1) is 23.3. The van der Waals surface area contributed by atoms with E-state index in [1.54, 1.807) is 25.3 Å². The Balaban J connectivity index is 1.38. The van der Waals surface area contributed by atoms with Crippen LogP contribution in [0.2, 0.25) is 5.02 Å². The molecule has 2 fully saturated rings. The minimum Gasteiger partial charge on any atom is -0.491 e. The molecular weight excluding hydrogens is 674 g/mol. The zero-order valence-corrected chi connectivity index (χ0v) is 30.1. The molecule has 2 aromatic rings. The van der Waals surface area contributed by atoms with Gasteiger partial charge in [0.2, 0.25) is 0 Å². The number of rotatable bonds is 10. The van der Waals surface area contributed by atoms with Gasteiger partial charge in [0.15, 0.2) is 0 Å². The van der Waals surface area contributed by atoms with Crippen LogP contribution < -0.4 is 19.7 Å². The molecule has 0 radical (unpaired) electrons. The van der Waals surface area contributed by atoms with Gasteiger partial charge in [-0.25, -0.2) is 17.8 Å². The predicted octanol–water partition coefficient (Wildman–Crippen LogP) is 7.57. The summed E-state index contributed by atoms with van der Waals surface area (Å²) in [6, 6.07) is 8.31. The summed E-state index contributed by atoms with van der Waals surface area (Å²) in [7, 11) is -0.155. The topological polar surface area (TPSA) is 109 Å². The average molecular weight is 721 g/mol. The first kappa shape index (κ1) is 37.0. The lowest BCUT2D eigenvalue weighted by atomic mass is 9.71. The summed E-state index contributed by atoms with van der Waals surface area (Å²) in [6.07, 6.45) is 8.81. The Kier molecular flexibility index (Phi) is 11.9. The number of benzene rings is 2. The van der Waals surface area contributed by atoms with Crippen LogP contribution in [0.4, 0.5) is 19.3 Å². The van der Waals surface area contributed by atoms with Gasteiger partial charge in [-0.3, -0.25) is 9.52 Å². The molecular formula is C36H47ClF2N4O5S. The van der Waals surface area contributed by atoms with Gasteiger partial charge in [0.05, 0.1) is 24.2 Å². The number of carbonyl (C=O) groups excluding carboxylic acids is 2. The standard InChI is InChI=1S/C36H47ClF2N4O5S/c1-23(8-7-10-31(47-4)29-15-11-24(29)2)22-49(46,42-35(45)40-33-20-36(33,38)39)41-34(44)26-13-16-32-30(19-26)43(3)21-27-12-14-28(37)18-25(27)9-5-6-17-48-32/h7,10,12-14,16,18-19,23-24,29,31,33H,5-6,8-9,11,15,17,20-22H2,1-4H3,(H2,40,41,42,44,45,46)/b10-7+/t23-,24+,29+,31-,33+,49?/m0/s1. The molecule has 1 aliphatic heterocycles. The largest absolute Gasteiger partial charge is 0.491 e. The van der Waals surface area contributed by atoms with Crippen LogP contribution >= 0.6 is 11.6 Å². The molecule has 2 aromatic carbocycles. The Morgan fingerprint density at radius 3 is 2.65 bits per heavy atom. The van der Waals surface area contributed by atoms with E-state index in [1.165, 1.54) is 6.42 Å². The third kappa shape index (κ3) is 9.73. The predicted molar refractivity (Wildman–Crippen MR) is 189 cm³/mol. The van der Waals surface area contributed by atoms with Crippen LogP contribution in [0.3, 0.4) is 0 Å². The number of aryl methyl sites for hydroxylation is 1. The summed E-state index contributed by atoms with van der Waals surface area (Å²) in [5.41, 5.74) is 3.04. The van der Waals surface area contributed by atoms with Crippen LogP contribution in [-0.2, 0) is 27.6 Å². The quantitative estimate of drug-likeness (QED) is 0.245. The lowest BCUT2D eigenvalue weighted by Gasteiger charge is -2.38. The van der Waals surface area contributed by atoms with Crippen molar-refractivity contribution in [2.75, 3.05) is 31.4 Å². The molecule has 5 rings (SSSR count). The van der Waals surface area contributed by atoms with Gasteiger partial charge in [0.1, 0.15) is 21.7 Å². The van der Waals surface area contributed by atoms with Gasteiger partial charge in [-0.05, 0) is 97.7 Å². The molecule has 6 atom stereocenters. The molecule has 268 valence electrons. The number of ether oxygens (including phenoxy) is 2. The van der Waals surface area contributed by atoms with Crippen molar-refractivity contribution >= 4 is 39.1 Å². The zero-order valence-electron chi connectivity index (χ0n) is 28.6. The fourth-order valence-corrected chi connectivity index (χ4v) is 8.49. The van der Waals surface area contributed by atoms with Gasteiger partial charge in [0, 0.05) is 37.7 Å². The summed E-state index contributed by atoms with van der Waals surface area (Å²) in [4.78, 5) is 28.4. The normalized spacial score (nSPS) is 24.1. The van der Waals surface area contributed by atoms with Crippen LogP contribution in [-0.4, -0.2) is 60.7 Å². The van der Waals surface area contributed by atoms with Gasteiger partial charge >= 0.3 is 6.03 Å². The highest BCUT2D eigenvalue weighted by molar-refractivity contribution is 7.92. The number of methoxy groups -OCH3 is 1. The van der Waals surface area contributed by atoms with Crippen LogP contribution in [0, 0.1) is 17.8 Å². The molecule has 3 aliphatic rings. The van der Waals surface area contributed by atoms with Crippen molar-refractivity contribution in [1.29, 1.82) is 0 Å². The van der Waals surface area contributed by atoms with Crippen molar-refractivity contribution in [2.24, 2.45) is 22.1 Å². The first-order valence-electron chi connectivity index (χ1n) is 17.0. The van der Waals surface area contributed by atoms with E-state index in [4.69, 9.17) is 21.1 Å². The fourth-order valence-electron chi connectivity index (χ4n) is 6.46. The van der Waals surface area contributed by atoms with Crippen LogP contribution in [0.5, 0.6) is 5.75 Å². The summed E-state index contributed by atoms with van der Waals surface area (Å²) in [5.74, 6) is -2.65.